The summed E-state index contributed by atoms with van der Waals surface area (Å²) in [5.74, 6) is -2.72. The molecule has 1 heterocycles. The van der Waals surface area contributed by atoms with Gasteiger partial charge in [-0.1, -0.05) is 6.07 Å². The van der Waals surface area contributed by atoms with Crippen LogP contribution in [0, 0.1) is 12.7 Å². The van der Waals surface area contributed by atoms with E-state index < -0.39 is 23.7 Å². The Labute approximate surface area is 110 Å². The Kier molecular flexibility index (Phi) is 3.24. The molecule has 0 aliphatic carbocycles. The molecule has 0 radical (unpaired) electrons. The predicted molar refractivity (Wildman–Crippen MR) is 60.2 cm³/mol. The number of hydrogen-bond acceptors (Lipinski definition) is 2. The fourth-order valence-electron chi connectivity index (χ4n) is 1.69. The van der Waals surface area contributed by atoms with E-state index in [4.69, 9.17) is 5.11 Å². The van der Waals surface area contributed by atoms with Gasteiger partial charge >= 0.3 is 12.1 Å². The minimum absolute atomic E-state index is 0.0387. The zero-order valence-corrected chi connectivity index (χ0v) is 10.1. The van der Waals surface area contributed by atoms with E-state index in [0.717, 1.165) is 17.7 Å². The summed E-state index contributed by atoms with van der Waals surface area (Å²) in [6.45, 7) is 1.13. The summed E-state index contributed by atoms with van der Waals surface area (Å²) in [6.07, 6.45) is -4.91. The van der Waals surface area contributed by atoms with Crippen LogP contribution >= 0.6 is 0 Å². The number of rotatable bonds is 2. The van der Waals surface area contributed by atoms with E-state index in [1.165, 1.54) is 18.2 Å². The van der Waals surface area contributed by atoms with Crippen LogP contribution in [0.5, 0.6) is 0 Å². The van der Waals surface area contributed by atoms with Crippen LogP contribution < -0.4 is 0 Å². The van der Waals surface area contributed by atoms with Crippen LogP contribution in [0.15, 0.2) is 24.3 Å². The maximum Gasteiger partial charge on any atom is 0.438 e. The molecule has 1 aromatic heterocycles. The summed E-state index contributed by atoms with van der Waals surface area (Å²) in [7, 11) is 0. The Hall–Kier alpha value is -2.38. The topological polar surface area (TPSA) is 55.1 Å². The predicted octanol–water partition coefficient (Wildman–Crippen LogP) is 3.04. The number of carboxylic acids is 1. The number of halogens is 4. The lowest BCUT2D eigenvalue weighted by Crippen LogP contribution is -2.09. The smallest absolute Gasteiger partial charge is 0.438 e. The molecule has 1 aromatic carbocycles. The van der Waals surface area contributed by atoms with Gasteiger partial charge in [0.25, 0.3) is 0 Å². The monoisotopic (exact) mass is 288 g/mol. The van der Waals surface area contributed by atoms with E-state index in [1.54, 1.807) is 0 Å². The van der Waals surface area contributed by atoms with E-state index in [2.05, 4.69) is 5.10 Å². The SMILES string of the molecule is Cc1c(F)c(C(F)(F)F)nn1-c1cccc(C(=O)O)c1. The highest BCUT2D eigenvalue weighted by molar-refractivity contribution is 5.88. The Morgan fingerprint density at radius 1 is 1.35 bits per heavy atom. The Balaban J connectivity index is 2.59. The average molecular weight is 288 g/mol. The lowest BCUT2D eigenvalue weighted by molar-refractivity contribution is -0.143. The van der Waals surface area contributed by atoms with Crippen molar-refractivity contribution in [2.24, 2.45) is 0 Å². The molecule has 0 aliphatic rings. The molecule has 0 saturated carbocycles. The molecular weight excluding hydrogens is 280 g/mol. The molecule has 0 fully saturated rings. The summed E-state index contributed by atoms with van der Waals surface area (Å²) < 4.78 is 51.9. The van der Waals surface area contributed by atoms with Crippen LogP contribution in [-0.2, 0) is 6.18 Å². The molecule has 2 aromatic rings. The quantitative estimate of drug-likeness (QED) is 0.864. The third kappa shape index (κ3) is 2.36. The van der Waals surface area contributed by atoms with Crippen LogP contribution in [0.1, 0.15) is 21.7 Å². The second-order valence-corrected chi connectivity index (χ2v) is 4.01. The Morgan fingerprint density at radius 3 is 2.50 bits per heavy atom. The third-order valence-corrected chi connectivity index (χ3v) is 2.65. The standard InChI is InChI=1S/C12H8F4N2O2/c1-6-9(13)10(12(14,15)16)17-18(6)8-4-2-3-7(5-8)11(19)20/h2-5H,1H3,(H,19,20). The van der Waals surface area contributed by atoms with Gasteiger partial charge in [0.2, 0.25) is 5.69 Å². The molecule has 0 unspecified atom stereocenters. The van der Waals surface area contributed by atoms with E-state index in [9.17, 15) is 22.4 Å². The van der Waals surface area contributed by atoms with Crippen molar-refractivity contribution in [1.82, 2.24) is 9.78 Å². The van der Waals surface area contributed by atoms with Gasteiger partial charge in [-0.2, -0.15) is 18.3 Å². The van der Waals surface area contributed by atoms with Gasteiger partial charge in [-0.3, -0.25) is 0 Å². The van der Waals surface area contributed by atoms with Crippen molar-refractivity contribution < 1.29 is 27.5 Å². The lowest BCUT2D eigenvalue weighted by atomic mass is 10.2. The molecule has 0 atom stereocenters. The number of hydrogen-bond donors (Lipinski definition) is 1. The number of aromatic nitrogens is 2. The van der Waals surface area contributed by atoms with Gasteiger partial charge in [0, 0.05) is 0 Å². The molecule has 8 heteroatoms. The molecule has 4 nitrogen and oxygen atoms in total. The second-order valence-electron chi connectivity index (χ2n) is 4.01. The Bertz CT molecular complexity index is 677. The molecule has 0 amide bonds. The van der Waals surface area contributed by atoms with Crippen LogP contribution in [0.3, 0.4) is 0 Å². The molecule has 2 rings (SSSR count). The first-order valence-electron chi connectivity index (χ1n) is 5.38. The van der Waals surface area contributed by atoms with Crippen LogP contribution in [0.2, 0.25) is 0 Å². The first-order valence-corrected chi connectivity index (χ1v) is 5.38. The largest absolute Gasteiger partial charge is 0.478 e. The maximum atomic E-state index is 13.5. The highest BCUT2D eigenvalue weighted by Gasteiger charge is 2.39. The van der Waals surface area contributed by atoms with Crippen molar-refractivity contribution in [3.05, 3.63) is 47.0 Å². The molecule has 0 spiro atoms. The van der Waals surface area contributed by atoms with Gasteiger partial charge < -0.3 is 5.11 Å². The van der Waals surface area contributed by atoms with Gasteiger partial charge in [0.1, 0.15) is 0 Å². The number of carbonyl (C=O) groups is 1. The van der Waals surface area contributed by atoms with Gasteiger partial charge in [-0.05, 0) is 25.1 Å². The number of carboxylic acid groups (broad SMARTS) is 1. The highest BCUT2D eigenvalue weighted by Crippen LogP contribution is 2.32. The summed E-state index contributed by atoms with van der Waals surface area (Å²) in [5, 5.41) is 12.0. The maximum absolute atomic E-state index is 13.5. The van der Waals surface area contributed by atoms with E-state index in [1.807, 2.05) is 0 Å². The molecule has 1 N–H and O–H groups in total. The third-order valence-electron chi connectivity index (χ3n) is 2.65. The average Bonchev–Trinajstić information content (AvgIpc) is 2.66. The van der Waals surface area contributed by atoms with Crippen molar-refractivity contribution in [2.75, 3.05) is 0 Å². The fourth-order valence-corrected chi connectivity index (χ4v) is 1.69. The summed E-state index contributed by atoms with van der Waals surface area (Å²) in [6, 6.07) is 5.06. The lowest BCUT2D eigenvalue weighted by Gasteiger charge is -2.05. The molecular formula is C12H8F4N2O2. The first-order chi connectivity index (χ1) is 9.21. The number of alkyl halides is 3. The second kappa shape index (κ2) is 4.62. The van der Waals surface area contributed by atoms with Crippen molar-refractivity contribution >= 4 is 5.97 Å². The minimum atomic E-state index is -4.91. The first kappa shape index (κ1) is 14.0. The van der Waals surface area contributed by atoms with Gasteiger partial charge in [0.05, 0.1) is 16.9 Å². The molecule has 0 saturated heterocycles. The van der Waals surface area contributed by atoms with Crippen LogP contribution in [0.4, 0.5) is 17.6 Å². The number of benzene rings is 1. The summed E-state index contributed by atoms with van der Waals surface area (Å²) >= 11 is 0. The van der Waals surface area contributed by atoms with Crippen molar-refractivity contribution in [2.45, 2.75) is 13.1 Å². The summed E-state index contributed by atoms with van der Waals surface area (Å²) in [4.78, 5) is 10.8. The van der Waals surface area contributed by atoms with Crippen molar-refractivity contribution in [3.63, 3.8) is 0 Å². The van der Waals surface area contributed by atoms with Crippen LogP contribution in [0.25, 0.3) is 5.69 Å². The van der Waals surface area contributed by atoms with E-state index in [-0.39, 0.29) is 16.9 Å². The highest BCUT2D eigenvalue weighted by atomic mass is 19.4. The molecule has 0 bridgehead atoms. The summed E-state index contributed by atoms with van der Waals surface area (Å²) in [5.41, 5.74) is -2.07. The molecule has 20 heavy (non-hydrogen) atoms. The van der Waals surface area contributed by atoms with Crippen molar-refractivity contribution in [1.29, 1.82) is 0 Å². The number of aromatic carboxylic acids is 1. The van der Waals surface area contributed by atoms with E-state index in [0.29, 0.717) is 0 Å². The molecule has 0 aliphatic heterocycles. The van der Waals surface area contributed by atoms with Crippen LogP contribution in [-0.4, -0.2) is 20.9 Å². The minimum Gasteiger partial charge on any atom is -0.478 e. The Morgan fingerprint density at radius 2 is 2.00 bits per heavy atom. The zero-order valence-electron chi connectivity index (χ0n) is 10.1. The molecule has 106 valence electrons. The fraction of sp³-hybridized carbons (Fsp3) is 0.167. The normalized spacial score (nSPS) is 11.7. The van der Waals surface area contributed by atoms with Gasteiger partial charge in [-0.25, -0.2) is 13.9 Å². The number of nitrogens with zero attached hydrogens (tertiary/aromatic N) is 2. The van der Waals surface area contributed by atoms with Gasteiger partial charge in [-0.15, -0.1) is 0 Å². The van der Waals surface area contributed by atoms with E-state index >= 15 is 0 Å². The van der Waals surface area contributed by atoms with Crippen molar-refractivity contribution in [3.8, 4) is 5.69 Å². The van der Waals surface area contributed by atoms with Gasteiger partial charge in [0.15, 0.2) is 5.82 Å². The zero-order chi connectivity index (χ0) is 15.1.